The van der Waals surface area contributed by atoms with Gasteiger partial charge in [0, 0.05) is 7.11 Å². The number of methoxy groups -OCH3 is 1. The average molecular weight is 277 g/mol. The minimum atomic E-state index is -0.329. The monoisotopic (exact) mass is 277 g/mol. The van der Waals surface area contributed by atoms with Crippen molar-refractivity contribution in [3.8, 4) is 0 Å². The van der Waals surface area contributed by atoms with Crippen LogP contribution in [0.1, 0.15) is 29.5 Å². The summed E-state index contributed by atoms with van der Waals surface area (Å²) in [4.78, 5) is 11.9. The van der Waals surface area contributed by atoms with Crippen LogP contribution in [0.4, 0.5) is 0 Å². The largest absolute Gasteiger partial charge is 0.394 e. The number of hydrogen-bond acceptors (Lipinski definition) is 3. The molecule has 0 saturated heterocycles. The van der Waals surface area contributed by atoms with Crippen LogP contribution in [0.3, 0.4) is 0 Å². The minimum Gasteiger partial charge on any atom is -0.394 e. The van der Waals surface area contributed by atoms with Crippen LogP contribution in [0.25, 0.3) is 0 Å². The summed E-state index contributed by atoms with van der Waals surface area (Å²) in [5, 5.41) is 11.9. The smallest absolute Gasteiger partial charge is 0.224 e. The normalized spacial score (nSPS) is 15.5. The van der Waals surface area contributed by atoms with Gasteiger partial charge in [0.25, 0.3) is 0 Å². The number of aliphatic hydroxyl groups is 1. The molecule has 1 amide bonds. The summed E-state index contributed by atoms with van der Waals surface area (Å²) in [5.74, 6) is -0.0724. The summed E-state index contributed by atoms with van der Waals surface area (Å²) in [6, 6.07) is 6.01. The molecule has 0 heterocycles. The Morgan fingerprint density at radius 2 is 2.10 bits per heavy atom. The maximum absolute atomic E-state index is 11.9. The zero-order valence-corrected chi connectivity index (χ0v) is 12.0. The third kappa shape index (κ3) is 4.05. The molecule has 2 N–H and O–H groups in total. The molecule has 1 aromatic rings. The zero-order chi connectivity index (χ0) is 14.4. The van der Waals surface area contributed by atoms with Crippen molar-refractivity contribution in [2.75, 3.05) is 20.3 Å². The van der Waals surface area contributed by atoms with E-state index in [4.69, 9.17) is 9.84 Å². The second-order valence-electron chi connectivity index (χ2n) is 5.39. The number of amides is 1. The predicted octanol–water partition coefficient (Wildman–Crippen LogP) is 1.23. The number of fused-ring (bicyclic) bond motifs is 1. The Labute approximate surface area is 120 Å². The molecule has 1 aromatic carbocycles. The van der Waals surface area contributed by atoms with E-state index in [2.05, 4.69) is 17.4 Å². The highest BCUT2D eigenvalue weighted by molar-refractivity contribution is 5.79. The van der Waals surface area contributed by atoms with Crippen molar-refractivity contribution in [1.82, 2.24) is 5.32 Å². The molecule has 0 bridgehead atoms. The van der Waals surface area contributed by atoms with Gasteiger partial charge >= 0.3 is 0 Å². The molecule has 0 fully saturated rings. The van der Waals surface area contributed by atoms with Crippen LogP contribution in [-0.4, -0.2) is 37.4 Å². The molecule has 110 valence electrons. The van der Waals surface area contributed by atoms with E-state index in [9.17, 15) is 4.79 Å². The molecule has 0 aliphatic heterocycles. The van der Waals surface area contributed by atoms with Gasteiger partial charge in [-0.3, -0.25) is 4.79 Å². The molecule has 1 unspecified atom stereocenters. The fourth-order valence-corrected chi connectivity index (χ4v) is 2.70. The van der Waals surface area contributed by atoms with Crippen LogP contribution in [0, 0.1) is 0 Å². The SMILES string of the molecule is COCC(CO)NC(=O)Cc1ccc2c(c1)CCCC2. The van der Waals surface area contributed by atoms with E-state index < -0.39 is 0 Å². The average Bonchev–Trinajstić information content (AvgIpc) is 2.46. The molecule has 2 rings (SSSR count). The van der Waals surface area contributed by atoms with Crippen molar-refractivity contribution in [2.24, 2.45) is 0 Å². The number of rotatable bonds is 6. The molecule has 1 aliphatic carbocycles. The quantitative estimate of drug-likeness (QED) is 0.822. The Hall–Kier alpha value is -1.39. The van der Waals surface area contributed by atoms with Crippen LogP contribution in [0.2, 0.25) is 0 Å². The van der Waals surface area contributed by atoms with Gasteiger partial charge in [-0.2, -0.15) is 0 Å². The number of benzene rings is 1. The first kappa shape index (κ1) is 15.0. The third-order valence-corrected chi connectivity index (χ3v) is 3.73. The molecule has 0 aromatic heterocycles. The standard InChI is InChI=1S/C16H23NO3/c1-20-11-15(10-18)17-16(19)9-12-6-7-13-4-2-3-5-14(13)8-12/h6-8,15,18H,2-5,9-11H2,1H3,(H,17,19). The summed E-state index contributed by atoms with van der Waals surface area (Å²) >= 11 is 0. The Bertz CT molecular complexity index is 459. The molecule has 0 saturated carbocycles. The summed E-state index contributed by atoms with van der Waals surface area (Å²) in [6.45, 7) is 0.218. The van der Waals surface area contributed by atoms with Crippen molar-refractivity contribution in [2.45, 2.75) is 38.1 Å². The van der Waals surface area contributed by atoms with Gasteiger partial charge < -0.3 is 15.2 Å². The van der Waals surface area contributed by atoms with Crippen LogP contribution in [-0.2, 0) is 28.8 Å². The van der Waals surface area contributed by atoms with E-state index in [1.807, 2.05) is 6.07 Å². The third-order valence-electron chi connectivity index (χ3n) is 3.73. The molecule has 0 radical (unpaired) electrons. The minimum absolute atomic E-state index is 0.0724. The Morgan fingerprint density at radius 3 is 2.80 bits per heavy atom. The molecule has 20 heavy (non-hydrogen) atoms. The number of carbonyl (C=O) groups is 1. The Balaban J connectivity index is 1.94. The van der Waals surface area contributed by atoms with E-state index in [0.29, 0.717) is 13.0 Å². The summed E-state index contributed by atoms with van der Waals surface area (Å²) in [5.41, 5.74) is 3.85. The highest BCUT2D eigenvalue weighted by Crippen LogP contribution is 2.22. The van der Waals surface area contributed by atoms with E-state index in [0.717, 1.165) is 18.4 Å². The number of hydrogen-bond donors (Lipinski definition) is 2. The van der Waals surface area contributed by atoms with E-state index in [1.165, 1.54) is 24.0 Å². The number of aryl methyl sites for hydroxylation is 2. The molecule has 1 aliphatic rings. The molecule has 4 nitrogen and oxygen atoms in total. The Morgan fingerprint density at radius 1 is 1.35 bits per heavy atom. The predicted molar refractivity (Wildman–Crippen MR) is 77.7 cm³/mol. The highest BCUT2D eigenvalue weighted by atomic mass is 16.5. The lowest BCUT2D eigenvalue weighted by atomic mass is 9.90. The van der Waals surface area contributed by atoms with Gasteiger partial charge in [0.15, 0.2) is 0 Å². The fraction of sp³-hybridized carbons (Fsp3) is 0.562. The van der Waals surface area contributed by atoms with Crippen LogP contribution < -0.4 is 5.32 Å². The van der Waals surface area contributed by atoms with Crippen molar-refractivity contribution in [3.63, 3.8) is 0 Å². The lowest BCUT2D eigenvalue weighted by molar-refractivity contribution is -0.121. The molecule has 4 heteroatoms. The topological polar surface area (TPSA) is 58.6 Å². The zero-order valence-electron chi connectivity index (χ0n) is 12.0. The maximum atomic E-state index is 11.9. The van der Waals surface area contributed by atoms with E-state index in [1.54, 1.807) is 7.11 Å². The van der Waals surface area contributed by atoms with Gasteiger partial charge in [-0.1, -0.05) is 18.2 Å². The molecule has 0 spiro atoms. The second-order valence-corrected chi connectivity index (χ2v) is 5.39. The van der Waals surface area contributed by atoms with Gasteiger partial charge in [-0.15, -0.1) is 0 Å². The lowest BCUT2D eigenvalue weighted by Crippen LogP contribution is -2.41. The maximum Gasteiger partial charge on any atom is 0.224 e. The van der Waals surface area contributed by atoms with Gasteiger partial charge in [0.05, 0.1) is 25.7 Å². The first-order valence-electron chi connectivity index (χ1n) is 7.22. The van der Waals surface area contributed by atoms with Crippen LogP contribution in [0.5, 0.6) is 0 Å². The highest BCUT2D eigenvalue weighted by Gasteiger charge is 2.13. The first-order chi connectivity index (χ1) is 9.72. The van der Waals surface area contributed by atoms with Crippen molar-refractivity contribution in [3.05, 3.63) is 34.9 Å². The van der Waals surface area contributed by atoms with Gasteiger partial charge in [-0.05, 0) is 42.4 Å². The van der Waals surface area contributed by atoms with Crippen molar-refractivity contribution < 1.29 is 14.6 Å². The fourth-order valence-electron chi connectivity index (χ4n) is 2.70. The number of nitrogens with one attached hydrogen (secondary N) is 1. The number of carbonyl (C=O) groups excluding carboxylic acids is 1. The van der Waals surface area contributed by atoms with Crippen molar-refractivity contribution in [1.29, 1.82) is 0 Å². The van der Waals surface area contributed by atoms with E-state index in [-0.39, 0.29) is 18.6 Å². The van der Waals surface area contributed by atoms with Gasteiger partial charge in [0.1, 0.15) is 0 Å². The first-order valence-corrected chi connectivity index (χ1v) is 7.22. The van der Waals surface area contributed by atoms with E-state index >= 15 is 0 Å². The summed E-state index contributed by atoms with van der Waals surface area (Å²) < 4.78 is 4.95. The van der Waals surface area contributed by atoms with Gasteiger partial charge in [0.2, 0.25) is 5.91 Å². The Kier molecular flexibility index (Phi) is 5.56. The summed E-state index contributed by atoms with van der Waals surface area (Å²) in [6.07, 6.45) is 5.13. The number of ether oxygens (including phenoxy) is 1. The summed E-state index contributed by atoms with van der Waals surface area (Å²) in [7, 11) is 1.55. The molecular weight excluding hydrogens is 254 g/mol. The van der Waals surface area contributed by atoms with Crippen molar-refractivity contribution >= 4 is 5.91 Å². The molecular formula is C16H23NO3. The van der Waals surface area contributed by atoms with Crippen LogP contribution in [0.15, 0.2) is 18.2 Å². The number of aliphatic hydroxyl groups excluding tert-OH is 1. The van der Waals surface area contributed by atoms with Gasteiger partial charge in [-0.25, -0.2) is 0 Å². The second kappa shape index (κ2) is 7.41. The van der Waals surface area contributed by atoms with Crippen LogP contribution >= 0.6 is 0 Å². The lowest BCUT2D eigenvalue weighted by Gasteiger charge is -2.18. The molecule has 1 atom stereocenters.